The summed E-state index contributed by atoms with van der Waals surface area (Å²) in [5.41, 5.74) is 11.3. The fourth-order valence-corrected chi connectivity index (χ4v) is 3.83. The molecular weight excluding hydrogens is 505 g/mol. The molecule has 12 nitrogen and oxygen atoms in total. The van der Waals surface area contributed by atoms with E-state index in [0.717, 1.165) is 35.6 Å². The van der Waals surface area contributed by atoms with Crippen molar-refractivity contribution >= 4 is 29.8 Å². The highest BCUT2D eigenvalue weighted by atomic mass is 19.1. The number of nitrogens with zero attached hydrogens (tertiary/aromatic N) is 5. The van der Waals surface area contributed by atoms with Gasteiger partial charge in [-0.05, 0) is 30.8 Å². The van der Waals surface area contributed by atoms with E-state index < -0.39 is 35.4 Å². The molecule has 0 unspecified atom stereocenters. The minimum Gasteiger partial charge on any atom is -0.395 e. The molecule has 8 N–H and O–H groups in total. The van der Waals surface area contributed by atoms with E-state index in [1.54, 1.807) is 4.90 Å². The molecule has 15 heteroatoms. The van der Waals surface area contributed by atoms with E-state index in [4.69, 9.17) is 22.7 Å². The normalized spacial score (nSPS) is 15.0. The van der Waals surface area contributed by atoms with Gasteiger partial charge in [0.1, 0.15) is 23.9 Å². The first kappa shape index (κ1) is 28.2. The number of carbonyl (C=O) groups is 2. The summed E-state index contributed by atoms with van der Waals surface area (Å²) >= 11 is 0. The maximum atomic E-state index is 14.5. The van der Waals surface area contributed by atoms with Crippen molar-refractivity contribution in [3.63, 3.8) is 0 Å². The third kappa shape index (κ3) is 6.88. The highest BCUT2D eigenvalue weighted by Crippen LogP contribution is 2.21. The molecule has 3 rings (SSSR count). The van der Waals surface area contributed by atoms with Crippen LogP contribution in [0.15, 0.2) is 30.1 Å². The van der Waals surface area contributed by atoms with Crippen LogP contribution in [-0.4, -0.2) is 70.8 Å². The highest BCUT2D eigenvalue weighted by Gasteiger charge is 2.26. The van der Waals surface area contributed by atoms with Gasteiger partial charge in [-0.2, -0.15) is 0 Å². The number of hydrazine groups is 1. The Morgan fingerprint density at radius 2 is 1.79 bits per heavy atom. The van der Waals surface area contributed by atoms with Crippen molar-refractivity contribution in [3.8, 4) is 0 Å². The number of piperazine rings is 1. The summed E-state index contributed by atoms with van der Waals surface area (Å²) in [7, 11) is 0. The molecule has 1 aliphatic heterocycles. The van der Waals surface area contributed by atoms with Crippen LogP contribution in [0.4, 0.5) is 23.9 Å². The Morgan fingerprint density at radius 1 is 1.16 bits per heavy atom. The fraction of sp³-hybridized carbons (Fsp3) is 0.348. The van der Waals surface area contributed by atoms with Crippen LogP contribution in [0.3, 0.4) is 0 Å². The summed E-state index contributed by atoms with van der Waals surface area (Å²) in [5.74, 6) is 2.88. The average molecular weight is 535 g/mol. The number of anilines is 1. The molecule has 0 spiro atoms. The number of nitrogens with one attached hydrogen (secondary N) is 2. The van der Waals surface area contributed by atoms with Gasteiger partial charge in [0.15, 0.2) is 5.82 Å². The van der Waals surface area contributed by atoms with E-state index in [0.29, 0.717) is 13.1 Å². The Bertz CT molecular complexity index is 1210. The molecule has 1 aromatic heterocycles. The first-order valence-electron chi connectivity index (χ1n) is 11.5. The Balaban J connectivity index is 1.69. The number of rotatable bonds is 9. The second-order valence-electron chi connectivity index (χ2n) is 8.58. The van der Waals surface area contributed by atoms with Gasteiger partial charge in [-0.1, -0.05) is 0 Å². The molecule has 1 fully saturated rings. The number of halogens is 3. The van der Waals surface area contributed by atoms with Gasteiger partial charge in [0.25, 0.3) is 0 Å². The molecule has 38 heavy (non-hydrogen) atoms. The minimum absolute atomic E-state index is 0.0504. The predicted molar refractivity (Wildman–Crippen MR) is 134 cm³/mol. The fourth-order valence-electron chi connectivity index (χ4n) is 3.83. The summed E-state index contributed by atoms with van der Waals surface area (Å²) in [5, 5.41) is 11.1. The van der Waals surface area contributed by atoms with Crippen LogP contribution in [0.2, 0.25) is 0 Å². The predicted octanol–water partition coefficient (Wildman–Crippen LogP) is 0.815. The van der Waals surface area contributed by atoms with E-state index in [1.165, 1.54) is 11.8 Å². The smallest absolute Gasteiger partial charge is 0.318 e. The summed E-state index contributed by atoms with van der Waals surface area (Å²) in [4.78, 5) is 35.5. The number of nitrogens with two attached hydrogens (primary N) is 3. The number of aromatic nitrogens is 2. The van der Waals surface area contributed by atoms with Gasteiger partial charge >= 0.3 is 6.03 Å². The van der Waals surface area contributed by atoms with Gasteiger partial charge in [0.2, 0.25) is 11.9 Å². The molecule has 1 aliphatic rings. The zero-order valence-corrected chi connectivity index (χ0v) is 20.6. The molecule has 204 valence electrons. The van der Waals surface area contributed by atoms with Crippen molar-refractivity contribution < 1.29 is 22.8 Å². The maximum Gasteiger partial charge on any atom is 0.318 e. The van der Waals surface area contributed by atoms with Gasteiger partial charge in [0.05, 0.1) is 23.6 Å². The zero-order valence-electron chi connectivity index (χ0n) is 20.6. The highest BCUT2D eigenvalue weighted by molar-refractivity contribution is 5.77. The minimum atomic E-state index is -0.791. The van der Waals surface area contributed by atoms with E-state index in [-0.39, 0.29) is 54.7 Å². The topological polar surface area (TPSA) is 184 Å². The summed E-state index contributed by atoms with van der Waals surface area (Å²) < 4.78 is 41.8. The summed E-state index contributed by atoms with van der Waals surface area (Å²) in [6.07, 6.45) is 2.07. The maximum absolute atomic E-state index is 14.5. The van der Waals surface area contributed by atoms with E-state index in [1.807, 2.05) is 0 Å². The second kappa shape index (κ2) is 12.2. The monoisotopic (exact) mass is 534 g/mol. The lowest BCUT2D eigenvalue weighted by Crippen LogP contribution is -2.52. The van der Waals surface area contributed by atoms with Gasteiger partial charge in [-0.25, -0.2) is 33.8 Å². The van der Waals surface area contributed by atoms with Crippen LogP contribution in [0.5, 0.6) is 0 Å². The Hall–Kier alpha value is -4.40. The van der Waals surface area contributed by atoms with Crippen LogP contribution >= 0.6 is 0 Å². The van der Waals surface area contributed by atoms with Gasteiger partial charge in [-0.3, -0.25) is 4.79 Å². The van der Waals surface area contributed by atoms with E-state index in [2.05, 4.69) is 15.3 Å². The molecule has 2 aromatic rings. The van der Waals surface area contributed by atoms with Crippen LogP contribution < -0.4 is 27.5 Å². The number of hydrogen-bond donors (Lipinski definition) is 5. The molecule has 3 amide bonds. The SMILES string of the molecule is C/C(=C(/N)c1nc(N2CCN(C(=O)N[C@@H](CC=N)c3cc(F)cc(F)c3)CC2)ncc1F)N(N)CC(N)=O. The van der Waals surface area contributed by atoms with Crippen LogP contribution in [0, 0.1) is 22.9 Å². The lowest BCUT2D eigenvalue weighted by atomic mass is 10.0. The molecule has 0 bridgehead atoms. The quantitative estimate of drug-likeness (QED) is 0.178. The summed E-state index contributed by atoms with van der Waals surface area (Å²) in [6.45, 7) is 2.25. The largest absolute Gasteiger partial charge is 0.395 e. The van der Waals surface area contributed by atoms with Crippen molar-refractivity contribution in [3.05, 3.63) is 58.8 Å². The number of benzene rings is 1. The van der Waals surface area contributed by atoms with Crippen LogP contribution in [0.25, 0.3) is 5.70 Å². The van der Waals surface area contributed by atoms with Crippen molar-refractivity contribution in [2.24, 2.45) is 17.3 Å². The van der Waals surface area contributed by atoms with Crippen molar-refractivity contribution in [1.82, 2.24) is 25.2 Å². The number of amides is 3. The number of primary amides is 1. The number of hydrogen-bond acceptors (Lipinski definition) is 9. The Morgan fingerprint density at radius 3 is 2.37 bits per heavy atom. The molecule has 1 saturated heterocycles. The lowest BCUT2D eigenvalue weighted by Gasteiger charge is -2.35. The lowest BCUT2D eigenvalue weighted by molar-refractivity contribution is -0.118. The molecule has 2 heterocycles. The first-order valence-corrected chi connectivity index (χ1v) is 11.5. The number of urea groups is 1. The third-order valence-electron chi connectivity index (χ3n) is 5.92. The van der Waals surface area contributed by atoms with Crippen molar-refractivity contribution in [2.75, 3.05) is 37.6 Å². The van der Waals surface area contributed by atoms with Crippen molar-refractivity contribution in [1.29, 1.82) is 5.41 Å². The summed E-state index contributed by atoms with van der Waals surface area (Å²) in [6, 6.07) is 1.69. The number of allylic oxidation sites excluding steroid dienone is 1. The standard InChI is InChI=1S/C23H29F3N10O2/c1-13(36(30)12-19(28)37)20(29)21-17(26)11-31-22(33-21)34-4-6-35(7-5-34)23(38)32-18(2-3-27)14-8-15(24)10-16(25)9-14/h3,8-11,18,27H,2,4-7,12,29-30H2,1H3,(H2,28,37)(H,32,38)/b20-13-,27-3?/t18-/m0/s1. The molecule has 0 aliphatic carbocycles. The second-order valence-corrected chi connectivity index (χ2v) is 8.58. The molecule has 1 aromatic carbocycles. The van der Waals surface area contributed by atoms with Gasteiger partial charge in [-0.15, -0.1) is 0 Å². The zero-order chi connectivity index (χ0) is 28.0. The van der Waals surface area contributed by atoms with Crippen LogP contribution in [-0.2, 0) is 4.79 Å². The average Bonchev–Trinajstić information content (AvgIpc) is 2.87. The van der Waals surface area contributed by atoms with Crippen molar-refractivity contribution in [2.45, 2.75) is 19.4 Å². The van der Waals surface area contributed by atoms with Crippen LogP contribution in [0.1, 0.15) is 30.6 Å². The molecule has 0 radical (unpaired) electrons. The van der Waals surface area contributed by atoms with E-state index in [9.17, 15) is 22.8 Å². The van der Waals surface area contributed by atoms with E-state index >= 15 is 0 Å². The molecule has 1 atom stereocenters. The van der Waals surface area contributed by atoms with Gasteiger partial charge < -0.3 is 37.0 Å². The number of carbonyl (C=O) groups excluding carboxylic acids is 2. The first-order chi connectivity index (χ1) is 18.0. The third-order valence-corrected chi connectivity index (χ3v) is 5.92. The van der Waals surface area contributed by atoms with Gasteiger partial charge in [0, 0.05) is 38.7 Å². The Kier molecular flexibility index (Phi) is 9.07. The Labute approximate surface area is 216 Å². The molecule has 0 saturated carbocycles. The molecular formula is C23H29F3N10O2.